The minimum Gasteiger partial charge on any atom is -0.356 e. The summed E-state index contributed by atoms with van der Waals surface area (Å²) in [5.74, 6) is 1.00. The topological polar surface area (TPSA) is 49.4 Å². The van der Waals surface area contributed by atoms with E-state index in [9.17, 15) is 9.59 Å². The first-order chi connectivity index (χ1) is 10.6. The number of carbonyl (C=O) groups is 2. The van der Waals surface area contributed by atoms with Gasteiger partial charge in [0.2, 0.25) is 5.91 Å². The third kappa shape index (κ3) is 3.88. The molecule has 0 spiro atoms. The molecular formula is C17H21BrN2O2. The highest BCUT2D eigenvalue weighted by Gasteiger charge is 2.29. The fourth-order valence-electron chi connectivity index (χ4n) is 2.83. The molecule has 1 aromatic rings. The summed E-state index contributed by atoms with van der Waals surface area (Å²) < 4.78 is 0.968. The maximum atomic E-state index is 12.4. The highest BCUT2D eigenvalue weighted by Crippen LogP contribution is 2.28. The molecular weight excluding hydrogens is 344 g/mol. The predicted octanol–water partition coefficient (Wildman–Crippen LogP) is 2.83. The molecule has 0 aromatic heterocycles. The zero-order valence-electron chi connectivity index (χ0n) is 12.6. The maximum Gasteiger partial charge on any atom is 0.253 e. The lowest BCUT2D eigenvalue weighted by Crippen LogP contribution is -2.43. The highest BCUT2D eigenvalue weighted by atomic mass is 79.9. The third-order valence-electron chi connectivity index (χ3n) is 4.51. The van der Waals surface area contributed by atoms with Gasteiger partial charge < -0.3 is 10.2 Å². The number of halogens is 1. The summed E-state index contributed by atoms with van der Waals surface area (Å²) in [7, 11) is 0. The molecule has 0 radical (unpaired) electrons. The lowest BCUT2D eigenvalue weighted by molar-refractivity contribution is -0.126. The number of rotatable bonds is 4. The van der Waals surface area contributed by atoms with E-state index < -0.39 is 0 Å². The number of nitrogens with one attached hydrogen (secondary N) is 1. The largest absolute Gasteiger partial charge is 0.356 e. The van der Waals surface area contributed by atoms with E-state index in [1.807, 2.05) is 29.2 Å². The molecule has 1 saturated heterocycles. The summed E-state index contributed by atoms with van der Waals surface area (Å²) in [6.07, 6.45) is 4.03. The predicted molar refractivity (Wildman–Crippen MR) is 88.5 cm³/mol. The van der Waals surface area contributed by atoms with E-state index in [-0.39, 0.29) is 17.7 Å². The summed E-state index contributed by atoms with van der Waals surface area (Å²) in [5.41, 5.74) is 0.708. The van der Waals surface area contributed by atoms with Crippen LogP contribution >= 0.6 is 15.9 Å². The molecule has 3 rings (SSSR count). The summed E-state index contributed by atoms with van der Waals surface area (Å²) in [5, 5.41) is 3.05. The number of amides is 2. The Morgan fingerprint density at radius 1 is 1.09 bits per heavy atom. The zero-order valence-corrected chi connectivity index (χ0v) is 14.1. The number of benzene rings is 1. The van der Waals surface area contributed by atoms with Crippen molar-refractivity contribution >= 4 is 27.7 Å². The van der Waals surface area contributed by atoms with Crippen LogP contribution in [0.2, 0.25) is 0 Å². The van der Waals surface area contributed by atoms with Crippen molar-refractivity contribution in [1.29, 1.82) is 0 Å². The van der Waals surface area contributed by atoms with Crippen molar-refractivity contribution in [3.05, 3.63) is 34.3 Å². The van der Waals surface area contributed by atoms with E-state index in [2.05, 4.69) is 21.2 Å². The fourth-order valence-corrected chi connectivity index (χ4v) is 3.10. The summed E-state index contributed by atoms with van der Waals surface area (Å²) >= 11 is 3.37. The molecule has 1 aromatic carbocycles. The molecule has 1 aliphatic heterocycles. The van der Waals surface area contributed by atoms with Gasteiger partial charge >= 0.3 is 0 Å². The smallest absolute Gasteiger partial charge is 0.253 e. The Morgan fingerprint density at radius 3 is 2.32 bits per heavy atom. The van der Waals surface area contributed by atoms with Gasteiger partial charge in [0.1, 0.15) is 0 Å². The van der Waals surface area contributed by atoms with Crippen LogP contribution in [0.3, 0.4) is 0 Å². The monoisotopic (exact) mass is 364 g/mol. The molecule has 0 unspecified atom stereocenters. The second-order valence-electron chi connectivity index (χ2n) is 6.26. The van der Waals surface area contributed by atoms with Crippen LogP contribution < -0.4 is 5.32 Å². The number of piperidine rings is 1. The molecule has 1 N–H and O–H groups in total. The molecule has 2 amide bonds. The van der Waals surface area contributed by atoms with Crippen molar-refractivity contribution in [3.8, 4) is 0 Å². The minimum absolute atomic E-state index is 0.0596. The normalized spacial score (nSPS) is 19.0. The Kier molecular flexibility index (Phi) is 4.81. The van der Waals surface area contributed by atoms with Gasteiger partial charge in [-0.15, -0.1) is 0 Å². The average molecular weight is 365 g/mol. The van der Waals surface area contributed by atoms with E-state index >= 15 is 0 Å². The molecule has 0 atom stereocenters. The number of nitrogens with zero attached hydrogens (tertiary/aromatic N) is 1. The van der Waals surface area contributed by atoms with E-state index in [1.54, 1.807) is 0 Å². The quantitative estimate of drug-likeness (QED) is 0.892. The molecule has 118 valence electrons. The second kappa shape index (κ2) is 6.82. The second-order valence-corrected chi connectivity index (χ2v) is 7.18. The van der Waals surface area contributed by atoms with Crippen molar-refractivity contribution in [2.75, 3.05) is 19.6 Å². The van der Waals surface area contributed by atoms with Crippen LogP contribution in [0.1, 0.15) is 36.0 Å². The van der Waals surface area contributed by atoms with Crippen molar-refractivity contribution in [3.63, 3.8) is 0 Å². The lowest BCUT2D eigenvalue weighted by Gasteiger charge is -2.31. The van der Waals surface area contributed by atoms with Crippen molar-refractivity contribution in [1.82, 2.24) is 10.2 Å². The van der Waals surface area contributed by atoms with Crippen LogP contribution in [0, 0.1) is 11.8 Å². The van der Waals surface area contributed by atoms with Gasteiger partial charge in [0, 0.05) is 35.6 Å². The molecule has 0 bridgehead atoms. The van der Waals surface area contributed by atoms with Gasteiger partial charge in [0.05, 0.1) is 0 Å². The standard InChI is InChI=1S/C17H21BrN2O2/c18-15-5-3-14(4-6-15)17(22)20-9-7-13(8-10-20)16(21)19-11-12-1-2-12/h3-6,12-13H,1-2,7-11H2,(H,19,21). The van der Waals surface area contributed by atoms with Gasteiger partial charge in [-0.25, -0.2) is 0 Å². The Balaban J connectivity index is 1.49. The van der Waals surface area contributed by atoms with E-state index in [4.69, 9.17) is 0 Å². The Bertz CT molecular complexity index is 546. The van der Waals surface area contributed by atoms with Crippen LogP contribution in [0.4, 0.5) is 0 Å². The van der Waals surface area contributed by atoms with Crippen LogP contribution in [0.25, 0.3) is 0 Å². The highest BCUT2D eigenvalue weighted by molar-refractivity contribution is 9.10. The summed E-state index contributed by atoms with van der Waals surface area (Å²) in [6, 6.07) is 7.43. The van der Waals surface area contributed by atoms with E-state index in [0.29, 0.717) is 24.6 Å². The van der Waals surface area contributed by atoms with Gasteiger partial charge in [-0.3, -0.25) is 9.59 Å². The van der Waals surface area contributed by atoms with Crippen LogP contribution in [-0.4, -0.2) is 36.3 Å². The Labute approximate surface area is 139 Å². The number of carbonyl (C=O) groups excluding carboxylic acids is 2. The number of likely N-dealkylation sites (tertiary alicyclic amines) is 1. The Morgan fingerprint density at radius 2 is 1.73 bits per heavy atom. The molecule has 2 aliphatic rings. The van der Waals surface area contributed by atoms with Gasteiger partial charge in [0.25, 0.3) is 5.91 Å². The first-order valence-electron chi connectivity index (χ1n) is 7.96. The Hall–Kier alpha value is -1.36. The molecule has 22 heavy (non-hydrogen) atoms. The summed E-state index contributed by atoms with van der Waals surface area (Å²) in [6.45, 7) is 2.16. The third-order valence-corrected chi connectivity index (χ3v) is 5.03. The first kappa shape index (κ1) is 15.5. The van der Waals surface area contributed by atoms with Gasteiger partial charge in [-0.1, -0.05) is 15.9 Å². The van der Waals surface area contributed by atoms with Gasteiger partial charge in [-0.05, 0) is 55.9 Å². The first-order valence-corrected chi connectivity index (χ1v) is 8.75. The van der Waals surface area contributed by atoms with Crippen molar-refractivity contribution in [2.24, 2.45) is 11.8 Å². The molecule has 1 heterocycles. The summed E-state index contributed by atoms with van der Waals surface area (Å²) in [4.78, 5) is 26.4. The van der Waals surface area contributed by atoms with E-state index in [0.717, 1.165) is 23.9 Å². The van der Waals surface area contributed by atoms with Gasteiger partial charge in [0.15, 0.2) is 0 Å². The van der Waals surface area contributed by atoms with Crippen LogP contribution in [0.5, 0.6) is 0 Å². The molecule has 1 saturated carbocycles. The molecule has 4 nitrogen and oxygen atoms in total. The lowest BCUT2D eigenvalue weighted by atomic mass is 9.95. The number of hydrogen-bond donors (Lipinski definition) is 1. The van der Waals surface area contributed by atoms with Crippen LogP contribution in [-0.2, 0) is 4.79 Å². The fraction of sp³-hybridized carbons (Fsp3) is 0.529. The molecule has 5 heteroatoms. The zero-order chi connectivity index (χ0) is 15.5. The van der Waals surface area contributed by atoms with Crippen LogP contribution in [0.15, 0.2) is 28.7 Å². The minimum atomic E-state index is 0.0596. The average Bonchev–Trinajstić information content (AvgIpc) is 3.37. The van der Waals surface area contributed by atoms with E-state index in [1.165, 1.54) is 12.8 Å². The van der Waals surface area contributed by atoms with Crippen molar-refractivity contribution < 1.29 is 9.59 Å². The molecule has 2 fully saturated rings. The van der Waals surface area contributed by atoms with Gasteiger partial charge in [-0.2, -0.15) is 0 Å². The van der Waals surface area contributed by atoms with Crippen molar-refractivity contribution in [2.45, 2.75) is 25.7 Å². The molecule has 1 aliphatic carbocycles. The number of hydrogen-bond acceptors (Lipinski definition) is 2. The maximum absolute atomic E-state index is 12.4. The SMILES string of the molecule is O=C(NCC1CC1)C1CCN(C(=O)c2ccc(Br)cc2)CC1.